The number of halogens is 2. The molecule has 0 saturated heterocycles. The second-order valence-corrected chi connectivity index (χ2v) is 8.02. The van der Waals surface area contributed by atoms with Gasteiger partial charge >= 0.3 is 0 Å². The molecule has 24 heavy (non-hydrogen) atoms. The molecule has 0 fully saturated rings. The number of aryl methyl sites for hydroxylation is 3. The van der Waals surface area contributed by atoms with E-state index in [0.717, 1.165) is 36.4 Å². The fraction of sp³-hybridized carbons (Fsp3) is 0.368. The monoisotopic (exact) mass is 552 g/mol. The summed E-state index contributed by atoms with van der Waals surface area (Å²) >= 11 is 4.61. The summed E-state index contributed by atoms with van der Waals surface area (Å²) in [6.45, 7) is 7.50. The Bertz CT molecular complexity index is 668. The van der Waals surface area contributed by atoms with Crippen LogP contribution in [0.4, 0.5) is 0 Å². The number of hydrogen-bond acceptors (Lipinski definition) is 3. The van der Waals surface area contributed by atoms with Crippen molar-refractivity contribution in [1.29, 1.82) is 0 Å². The lowest BCUT2D eigenvalue weighted by Crippen LogP contribution is -2.08. The van der Waals surface area contributed by atoms with Crippen molar-refractivity contribution in [2.45, 2.75) is 27.2 Å². The Hall–Kier alpha value is -0.700. The Morgan fingerprint density at radius 3 is 1.83 bits per heavy atom. The van der Waals surface area contributed by atoms with Crippen molar-refractivity contribution in [3.8, 4) is 17.2 Å². The van der Waals surface area contributed by atoms with E-state index in [1.807, 2.05) is 19.1 Å². The maximum Gasteiger partial charge on any atom is 0.135 e. The molecule has 2 aromatic rings. The number of benzene rings is 2. The summed E-state index contributed by atoms with van der Waals surface area (Å²) in [5.41, 5.74) is 3.53. The van der Waals surface area contributed by atoms with Crippen molar-refractivity contribution in [3.05, 3.63) is 48.1 Å². The highest BCUT2D eigenvalue weighted by atomic mass is 127. The molecule has 3 nitrogen and oxygen atoms in total. The van der Waals surface area contributed by atoms with Crippen molar-refractivity contribution in [2.24, 2.45) is 0 Å². The molecular formula is C19H22I2O3. The summed E-state index contributed by atoms with van der Waals surface area (Å²) in [6.07, 6.45) is 0.838. The second-order valence-electron chi connectivity index (χ2n) is 5.70. The van der Waals surface area contributed by atoms with Crippen LogP contribution in [0.3, 0.4) is 0 Å². The topological polar surface area (TPSA) is 27.7 Å². The third kappa shape index (κ3) is 5.15. The summed E-state index contributed by atoms with van der Waals surface area (Å²) in [5.74, 6) is 2.77. The van der Waals surface area contributed by atoms with Crippen LogP contribution < -0.4 is 14.2 Å². The van der Waals surface area contributed by atoms with E-state index in [0.29, 0.717) is 13.2 Å². The zero-order valence-corrected chi connectivity index (χ0v) is 18.7. The van der Waals surface area contributed by atoms with E-state index in [2.05, 4.69) is 71.2 Å². The molecule has 130 valence electrons. The van der Waals surface area contributed by atoms with E-state index in [4.69, 9.17) is 14.2 Å². The first-order valence-corrected chi connectivity index (χ1v) is 9.94. The summed E-state index contributed by atoms with van der Waals surface area (Å²) in [7, 11) is 1.68. The van der Waals surface area contributed by atoms with Crippen LogP contribution in [0.15, 0.2) is 24.3 Å². The van der Waals surface area contributed by atoms with E-state index in [1.165, 1.54) is 11.1 Å². The number of rotatable bonds is 7. The molecule has 0 heterocycles. The molecule has 0 aliphatic carbocycles. The molecule has 5 heteroatoms. The van der Waals surface area contributed by atoms with Crippen LogP contribution in [0.25, 0.3) is 0 Å². The lowest BCUT2D eigenvalue weighted by molar-refractivity contribution is 0.243. The average molecular weight is 552 g/mol. The van der Waals surface area contributed by atoms with Gasteiger partial charge in [-0.2, -0.15) is 0 Å². The lowest BCUT2D eigenvalue weighted by Gasteiger charge is -2.14. The molecule has 0 spiro atoms. The van der Waals surface area contributed by atoms with Gasteiger partial charge in [-0.15, -0.1) is 0 Å². The van der Waals surface area contributed by atoms with Crippen LogP contribution in [0.1, 0.15) is 23.1 Å². The maximum atomic E-state index is 5.95. The van der Waals surface area contributed by atoms with Crippen molar-refractivity contribution >= 4 is 45.2 Å². The molecule has 0 aliphatic rings. The predicted molar refractivity (Wildman–Crippen MR) is 115 cm³/mol. The standard InChI is InChI=1S/C19H22I2O3/c1-12-8-13(2)18(16(20)9-12)23-6-5-7-24-19-14(3)10-15(22-4)11-17(19)21/h8-11H,5-7H2,1-4H3. The predicted octanol–water partition coefficient (Wildman–Crippen LogP) is 5.68. The van der Waals surface area contributed by atoms with Gasteiger partial charge in [-0.1, -0.05) is 6.07 Å². The van der Waals surface area contributed by atoms with Gasteiger partial charge in [0, 0.05) is 6.42 Å². The largest absolute Gasteiger partial charge is 0.497 e. The molecule has 0 bridgehead atoms. The summed E-state index contributed by atoms with van der Waals surface area (Å²) in [4.78, 5) is 0. The van der Waals surface area contributed by atoms with Gasteiger partial charge in [-0.3, -0.25) is 0 Å². The minimum atomic E-state index is 0.630. The summed E-state index contributed by atoms with van der Waals surface area (Å²) in [6, 6.07) is 8.27. The molecule has 2 aromatic carbocycles. The Labute approximate surface area is 171 Å². The molecule has 0 aliphatic heterocycles. The zero-order chi connectivity index (χ0) is 17.7. The molecular weight excluding hydrogens is 530 g/mol. The normalized spacial score (nSPS) is 10.6. The van der Waals surface area contributed by atoms with Crippen LogP contribution in [-0.4, -0.2) is 20.3 Å². The van der Waals surface area contributed by atoms with Crippen LogP contribution in [0.5, 0.6) is 17.2 Å². The van der Waals surface area contributed by atoms with Crippen LogP contribution >= 0.6 is 45.2 Å². The molecule has 0 radical (unpaired) electrons. The molecule has 0 amide bonds. The van der Waals surface area contributed by atoms with Gasteiger partial charge in [0.05, 0.1) is 27.5 Å². The molecule has 0 N–H and O–H groups in total. The van der Waals surface area contributed by atoms with E-state index < -0.39 is 0 Å². The van der Waals surface area contributed by atoms with Crippen molar-refractivity contribution in [1.82, 2.24) is 0 Å². The SMILES string of the molecule is COc1cc(C)c(OCCCOc2c(C)cc(C)cc2I)c(I)c1. The first-order chi connectivity index (χ1) is 11.4. The fourth-order valence-corrected chi connectivity index (χ4v) is 4.45. The van der Waals surface area contributed by atoms with E-state index in [9.17, 15) is 0 Å². The minimum Gasteiger partial charge on any atom is -0.497 e. The van der Waals surface area contributed by atoms with Gasteiger partial charge in [0.1, 0.15) is 17.2 Å². The first kappa shape index (κ1) is 19.6. The number of methoxy groups -OCH3 is 1. The highest BCUT2D eigenvalue weighted by molar-refractivity contribution is 14.1. The van der Waals surface area contributed by atoms with Gasteiger partial charge in [0.15, 0.2) is 0 Å². The smallest absolute Gasteiger partial charge is 0.135 e. The van der Waals surface area contributed by atoms with Crippen LogP contribution in [-0.2, 0) is 0 Å². The van der Waals surface area contributed by atoms with Crippen LogP contribution in [0, 0.1) is 27.9 Å². The summed E-state index contributed by atoms with van der Waals surface area (Å²) in [5, 5.41) is 0. The number of hydrogen-bond donors (Lipinski definition) is 0. The van der Waals surface area contributed by atoms with E-state index >= 15 is 0 Å². The van der Waals surface area contributed by atoms with Crippen molar-refractivity contribution in [3.63, 3.8) is 0 Å². The molecule has 0 saturated carbocycles. The Kier molecular flexibility index (Phi) is 7.46. The average Bonchev–Trinajstić information content (AvgIpc) is 2.50. The Morgan fingerprint density at radius 1 is 0.792 bits per heavy atom. The van der Waals surface area contributed by atoms with Gasteiger partial charge in [0.25, 0.3) is 0 Å². The van der Waals surface area contributed by atoms with Crippen LogP contribution in [0.2, 0.25) is 0 Å². The second kappa shape index (κ2) is 9.12. The highest BCUT2D eigenvalue weighted by Crippen LogP contribution is 2.30. The maximum absolute atomic E-state index is 5.95. The molecule has 2 rings (SSSR count). The quantitative estimate of drug-likeness (QED) is 0.327. The first-order valence-electron chi connectivity index (χ1n) is 7.79. The molecule has 0 unspecified atom stereocenters. The zero-order valence-electron chi connectivity index (χ0n) is 14.4. The van der Waals surface area contributed by atoms with Gasteiger partial charge < -0.3 is 14.2 Å². The third-order valence-electron chi connectivity index (χ3n) is 3.59. The highest BCUT2D eigenvalue weighted by Gasteiger charge is 2.09. The fourth-order valence-electron chi connectivity index (χ4n) is 2.49. The van der Waals surface area contributed by atoms with Crippen molar-refractivity contribution < 1.29 is 14.2 Å². The Morgan fingerprint density at radius 2 is 1.33 bits per heavy atom. The van der Waals surface area contributed by atoms with Crippen molar-refractivity contribution in [2.75, 3.05) is 20.3 Å². The molecule has 0 aromatic heterocycles. The molecule has 0 atom stereocenters. The van der Waals surface area contributed by atoms with Gasteiger partial charge in [-0.05, 0) is 101 Å². The van der Waals surface area contributed by atoms with E-state index in [1.54, 1.807) is 7.11 Å². The Balaban J connectivity index is 1.86. The van der Waals surface area contributed by atoms with Gasteiger partial charge in [0.2, 0.25) is 0 Å². The third-order valence-corrected chi connectivity index (χ3v) is 5.20. The summed E-state index contributed by atoms with van der Waals surface area (Å²) < 4.78 is 19.4. The minimum absolute atomic E-state index is 0.630. The van der Waals surface area contributed by atoms with E-state index in [-0.39, 0.29) is 0 Å². The van der Waals surface area contributed by atoms with Gasteiger partial charge in [-0.25, -0.2) is 0 Å². The lowest BCUT2D eigenvalue weighted by atomic mass is 10.1. The number of ether oxygens (including phenoxy) is 3.